The average molecular weight is 235 g/mol. The fourth-order valence-corrected chi connectivity index (χ4v) is 1.19. The summed E-state index contributed by atoms with van der Waals surface area (Å²) < 4.78 is 0. The second kappa shape index (κ2) is 5.74. The number of amides is 1. The Morgan fingerprint density at radius 2 is 2.00 bits per heavy atom. The minimum absolute atomic E-state index is 0.0517. The molecular formula is C11H13N3O3. The topological polar surface area (TPSA) is 82.3 Å². The fraction of sp³-hybridized carbons (Fsp3) is 0.273. The summed E-state index contributed by atoms with van der Waals surface area (Å²) >= 11 is 0. The van der Waals surface area contributed by atoms with Gasteiger partial charge < -0.3 is 5.11 Å². The van der Waals surface area contributed by atoms with Crippen LogP contribution in [0.5, 0.6) is 0 Å². The minimum atomic E-state index is -1.08. The predicted octanol–water partition coefficient (Wildman–Crippen LogP) is 2.25. The van der Waals surface area contributed by atoms with E-state index in [2.05, 4.69) is 10.3 Å². The molecule has 0 aliphatic heterocycles. The van der Waals surface area contributed by atoms with E-state index < -0.39 is 5.97 Å². The van der Waals surface area contributed by atoms with E-state index in [0.717, 1.165) is 5.01 Å². The highest BCUT2D eigenvalue weighted by Gasteiger charge is 2.09. The molecule has 0 atom stereocenters. The molecule has 0 radical (unpaired) electrons. The zero-order valence-electron chi connectivity index (χ0n) is 9.62. The normalized spacial score (nSPS) is 10.5. The highest BCUT2D eigenvalue weighted by molar-refractivity contribution is 5.93. The molecule has 0 heterocycles. The summed E-state index contributed by atoms with van der Waals surface area (Å²) in [5, 5.41) is 17.5. The maximum atomic E-state index is 11.1. The fourth-order valence-electron chi connectivity index (χ4n) is 1.19. The lowest BCUT2D eigenvalue weighted by Crippen LogP contribution is -2.21. The van der Waals surface area contributed by atoms with Crippen molar-refractivity contribution in [1.29, 1.82) is 0 Å². The van der Waals surface area contributed by atoms with Gasteiger partial charge in [0.2, 0.25) is 5.91 Å². The van der Waals surface area contributed by atoms with E-state index in [4.69, 9.17) is 5.11 Å². The first-order chi connectivity index (χ1) is 8.06. The SMILES string of the molecule is CCN(N=Nc1ccccc1C(=O)O)C(C)=O. The van der Waals surface area contributed by atoms with Crippen LogP contribution in [0.3, 0.4) is 0 Å². The molecule has 0 aliphatic carbocycles. The van der Waals surface area contributed by atoms with Crippen LogP contribution in [0.1, 0.15) is 24.2 Å². The molecule has 0 saturated carbocycles. The molecule has 0 fully saturated rings. The van der Waals surface area contributed by atoms with Gasteiger partial charge in [0.25, 0.3) is 0 Å². The van der Waals surface area contributed by atoms with Crippen LogP contribution >= 0.6 is 0 Å². The maximum Gasteiger partial charge on any atom is 0.337 e. The summed E-state index contributed by atoms with van der Waals surface area (Å²) in [6.07, 6.45) is 0. The van der Waals surface area contributed by atoms with Crippen molar-refractivity contribution in [3.05, 3.63) is 29.8 Å². The number of nitrogens with zero attached hydrogens (tertiary/aromatic N) is 3. The van der Waals surface area contributed by atoms with Gasteiger partial charge >= 0.3 is 5.97 Å². The number of aromatic carboxylic acids is 1. The van der Waals surface area contributed by atoms with E-state index in [1.165, 1.54) is 19.1 Å². The van der Waals surface area contributed by atoms with Crippen molar-refractivity contribution in [1.82, 2.24) is 5.01 Å². The van der Waals surface area contributed by atoms with Gasteiger partial charge in [-0.25, -0.2) is 9.80 Å². The highest BCUT2D eigenvalue weighted by atomic mass is 16.4. The number of carbonyl (C=O) groups excluding carboxylic acids is 1. The molecule has 0 spiro atoms. The summed E-state index contributed by atoms with van der Waals surface area (Å²) in [6.45, 7) is 3.50. The summed E-state index contributed by atoms with van der Waals surface area (Å²) in [5.74, 6) is -1.32. The minimum Gasteiger partial charge on any atom is -0.478 e. The first-order valence-corrected chi connectivity index (χ1v) is 5.08. The van der Waals surface area contributed by atoms with E-state index in [9.17, 15) is 9.59 Å². The molecule has 17 heavy (non-hydrogen) atoms. The van der Waals surface area contributed by atoms with Crippen molar-refractivity contribution in [2.24, 2.45) is 10.3 Å². The van der Waals surface area contributed by atoms with Gasteiger partial charge in [-0.2, -0.15) is 0 Å². The first kappa shape index (κ1) is 12.8. The number of hydrogen-bond donors (Lipinski definition) is 1. The number of benzene rings is 1. The van der Waals surface area contributed by atoms with E-state index in [0.29, 0.717) is 6.54 Å². The molecule has 6 nitrogen and oxygen atoms in total. The van der Waals surface area contributed by atoms with Crippen molar-refractivity contribution in [3.8, 4) is 0 Å². The Morgan fingerprint density at radius 1 is 1.35 bits per heavy atom. The summed E-state index contributed by atoms with van der Waals surface area (Å²) in [5.41, 5.74) is 0.274. The van der Waals surface area contributed by atoms with Crippen LogP contribution in [-0.4, -0.2) is 28.5 Å². The lowest BCUT2D eigenvalue weighted by atomic mass is 10.2. The Labute approximate surface area is 98.6 Å². The molecule has 1 rings (SSSR count). The number of carboxylic acids is 1. The van der Waals surface area contributed by atoms with Crippen LogP contribution in [0.15, 0.2) is 34.6 Å². The van der Waals surface area contributed by atoms with Gasteiger partial charge in [0, 0.05) is 13.5 Å². The van der Waals surface area contributed by atoms with Gasteiger partial charge in [0.05, 0.1) is 5.56 Å². The number of carboxylic acid groups (broad SMARTS) is 1. The number of hydrogen-bond acceptors (Lipinski definition) is 4. The van der Waals surface area contributed by atoms with Crippen molar-refractivity contribution in [3.63, 3.8) is 0 Å². The quantitative estimate of drug-likeness (QED) is 0.641. The van der Waals surface area contributed by atoms with Crippen LogP contribution in [0.4, 0.5) is 5.69 Å². The Balaban J connectivity index is 2.98. The third-order valence-corrected chi connectivity index (χ3v) is 2.06. The second-order valence-electron chi connectivity index (χ2n) is 3.25. The van der Waals surface area contributed by atoms with E-state index in [1.807, 2.05) is 0 Å². The molecule has 0 unspecified atom stereocenters. The molecule has 1 aromatic carbocycles. The van der Waals surface area contributed by atoms with Gasteiger partial charge in [-0.3, -0.25) is 4.79 Å². The van der Waals surface area contributed by atoms with Crippen molar-refractivity contribution < 1.29 is 14.7 Å². The van der Waals surface area contributed by atoms with Crippen LogP contribution < -0.4 is 0 Å². The largest absolute Gasteiger partial charge is 0.478 e. The zero-order valence-corrected chi connectivity index (χ0v) is 9.62. The van der Waals surface area contributed by atoms with E-state index in [1.54, 1.807) is 19.1 Å². The molecule has 1 N–H and O–H groups in total. The molecule has 1 aromatic rings. The van der Waals surface area contributed by atoms with Gasteiger partial charge in [0.1, 0.15) is 5.69 Å². The molecule has 0 aromatic heterocycles. The Morgan fingerprint density at radius 3 is 2.53 bits per heavy atom. The molecule has 90 valence electrons. The zero-order chi connectivity index (χ0) is 12.8. The second-order valence-corrected chi connectivity index (χ2v) is 3.25. The predicted molar refractivity (Wildman–Crippen MR) is 61.0 cm³/mol. The summed E-state index contributed by atoms with van der Waals surface area (Å²) in [7, 11) is 0. The lowest BCUT2D eigenvalue weighted by Gasteiger charge is -2.09. The van der Waals surface area contributed by atoms with Gasteiger partial charge in [-0.15, -0.1) is 5.11 Å². The molecule has 6 heteroatoms. The van der Waals surface area contributed by atoms with Crippen molar-refractivity contribution in [2.45, 2.75) is 13.8 Å². The maximum absolute atomic E-state index is 11.1. The summed E-state index contributed by atoms with van der Waals surface area (Å²) in [4.78, 5) is 22.0. The molecule has 0 bridgehead atoms. The third kappa shape index (κ3) is 3.37. The van der Waals surface area contributed by atoms with Gasteiger partial charge in [-0.05, 0) is 19.1 Å². The van der Waals surface area contributed by atoms with Crippen LogP contribution in [-0.2, 0) is 4.79 Å². The summed E-state index contributed by atoms with van der Waals surface area (Å²) in [6, 6.07) is 6.22. The van der Waals surface area contributed by atoms with Gasteiger partial charge in [0.15, 0.2) is 0 Å². The molecule has 0 aliphatic rings. The molecular weight excluding hydrogens is 222 g/mol. The smallest absolute Gasteiger partial charge is 0.337 e. The average Bonchev–Trinajstić information content (AvgIpc) is 2.29. The molecule has 0 saturated heterocycles. The van der Waals surface area contributed by atoms with Crippen molar-refractivity contribution in [2.75, 3.05) is 6.54 Å². The number of rotatable bonds is 4. The van der Waals surface area contributed by atoms with Crippen LogP contribution in [0.2, 0.25) is 0 Å². The first-order valence-electron chi connectivity index (χ1n) is 5.08. The highest BCUT2D eigenvalue weighted by Crippen LogP contribution is 2.19. The number of carbonyl (C=O) groups is 2. The van der Waals surface area contributed by atoms with E-state index >= 15 is 0 Å². The van der Waals surface area contributed by atoms with Crippen LogP contribution in [0, 0.1) is 0 Å². The van der Waals surface area contributed by atoms with Crippen LogP contribution in [0.25, 0.3) is 0 Å². The standard InChI is InChI=1S/C11H13N3O3/c1-3-14(8(2)15)13-12-10-7-5-4-6-9(10)11(16)17/h4-7H,3H2,1-2H3,(H,16,17). The van der Waals surface area contributed by atoms with Crippen molar-refractivity contribution >= 4 is 17.6 Å². The lowest BCUT2D eigenvalue weighted by molar-refractivity contribution is -0.129. The Bertz CT molecular complexity index is 457. The Kier molecular flexibility index (Phi) is 4.33. The Hall–Kier alpha value is -2.24. The molecule has 1 amide bonds. The van der Waals surface area contributed by atoms with Gasteiger partial charge in [-0.1, -0.05) is 17.4 Å². The third-order valence-electron chi connectivity index (χ3n) is 2.06. The monoisotopic (exact) mass is 235 g/mol. The van der Waals surface area contributed by atoms with E-state index in [-0.39, 0.29) is 17.2 Å².